The second kappa shape index (κ2) is 3.76. The van der Waals surface area contributed by atoms with Crippen LogP contribution in [0.15, 0.2) is 29.3 Å². The van der Waals surface area contributed by atoms with Gasteiger partial charge in [-0.05, 0) is 30.0 Å². The molecular weight excluding hydrogens is 237 g/mol. The first kappa shape index (κ1) is 10.9. The highest BCUT2D eigenvalue weighted by molar-refractivity contribution is 8.04. The molecule has 0 amide bonds. The molecule has 0 aliphatic heterocycles. The Morgan fingerprint density at radius 2 is 2.06 bits per heavy atom. The normalized spacial score (nSPS) is 11.6. The number of aromatic nitrogens is 1. The van der Waals surface area contributed by atoms with Crippen molar-refractivity contribution in [1.29, 1.82) is 5.26 Å². The number of rotatable bonds is 1. The molecule has 0 saturated carbocycles. The van der Waals surface area contributed by atoms with E-state index < -0.39 is 11.7 Å². The second-order valence-corrected chi connectivity index (χ2v) is 3.93. The maximum absolute atomic E-state index is 12.5. The van der Waals surface area contributed by atoms with Crippen LogP contribution in [-0.2, 0) is 6.18 Å². The Morgan fingerprint density at radius 3 is 2.69 bits per heavy atom. The van der Waals surface area contributed by atoms with Crippen LogP contribution in [0.1, 0.15) is 5.56 Å². The lowest BCUT2D eigenvalue weighted by atomic mass is 10.1. The van der Waals surface area contributed by atoms with Crippen molar-refractivity contribution in [3.8, 4) is 5.40 Å². The molecule has 0 atom stereocenters. The third-order valence-electron chi connectivity index (χ3n) is 2.13. The van der Waals surface area contributed by atoms with Crippen LogP contribution in [0, 0.1) is 10.7 Å². The van der Waals surface area contributed by atoms with Gasteiger partial charge in [-0.1, -0.05) is 0 Å². The van der Waals surface area contributed by atoms with E-state index in [0.29, 0.717) is 15.8 Å². The van der Waals surface area contributed by atoms with E-state index in [1.807, 2.05) is 5.40 Å². The van der Waals surface area contributed by atoms with Crippen molar-refractivity contribution in [2.24, 2.45) is 0 Å². The van der Waals surface area contributed by atoms with Gasteiger partial charge in [0.25, 0.3) is 0 Å². The van der Waals surface area contributed by atoms with Gasteiger partial charge in [-0.3, -0.25) is 0 Å². The summed E-state index contributed by atoms with van der Waals surface area (Å²) in [5.74, 6) is 0. The van der Waals surface area contributed by atoms with Crippen molar-refractivity contribution in [3.63, 3.8) is 0 Å². The minimum Gasteiger partial charge on any atom is -0.360 e. The van der Waals surface area contributed by atoms with Crippen molar-refractivity contribution in [1.82, 2.24) is 4.98 Å². The number of nitrogens with zero attached hydrogens (tertiary/aromatic N) is 1. The number of benzene rings is 1. The van der Waals surface area contributed by atoms with Gasteiger partial charge in [0.05, 0.1) is 5.56 Å². The lowest BCUT2D eigenvalue weighted by Gasteiger charge is -2.06. The zero-order valence-corrected chi connectivity index (χ0v) is 8.62. The van der Waals surface area contributed by atoms with Crippen LogP contribution < -0.4 is 0 Å². The number of thiocyanates is 1. The van der Waals surface area contributed by atoms with Gasteiger partial charge >= 0.3 is 6.18 Å². The van der Waals surface area contributed by atoms with Crippen molar-refractivity contribution in [3.05, 3.63) is 30.0 Å². The largest absolute Gasteiger partial charge is 0.416 e. The van der Waals surface area contributed by atoms with Crippen molar-refractivity contribution in [2.75, 3.05) is 0 Å². The molecule has 82 valence electrons. The molecule has 2 nitrogen and oxygen atoms in total. The summed E-state index contributed by atoms with van der Waals surface area (Å²) in [7, 11) is 0. The topological polar surface area (TPSA) is 39.6 Å². The summed E-state index contributed by atoms with van der Waals surface area (Å²) >= 11 is 0.838. The fourth-order valence-electron chi connectivity index (χ4n) is 1.40. The van der Waals surface area contributed by atoms with E-state index in [-0.39, 0.29) is 0 Å². The highest BCUT2D eigenvalue weighted by atomic mass is 32.2. The monoisotopic (exact) mass is 242 g/mol. The molecule has 0 spiro atoms. The van der Waals surface area contributed by atoms with Crippen LogP contribution in [0.5, 0.6) is 0 Å². The van der Waals surface area contributed by atoms with Crippen LogP contribution in [0.4, 0.5) is 13.2 Å². The molecule has 0 aliphatic rings. The average Bonchev–Trinajstić information content (AvgIpc) is 2.60. The lowest BCUT2D eigenvalue weighted by molar-refractivity contribution is -0.137. The first-order chi connectivity index (χ1) is 7.52. The molecule has 1 heterocycles. The predicted molar refractivity (Wildman–Crippen MR) is 54.8 cm³/mol. The summed E-state index contributed by atoms with van der Waals surface area (Å²) in [4.78, 5) is 3.32. The van der Waals surface area contributed by atoms with E-state index in [4.69, 9.17) is 5.26 Å². The number of H-pyrrole nitrogens is 1. The fraction of sp³-hybridized carbons (Fsp3) is 0.100. The van der Waals surface area contributed by atoms with Crippen LogP contribution in [0.3, 0.4) is 0 Å². The molecule has 0 bridgehead atoms. The maximum Gasteiger partial charge on any atom is 0.416 e. The number of halogens is 3. The van der Waals surface area contributed by atoms with E-state index in [2.05, 4.69) is 4.98 Å². The van der Waals surface area contributed by atoms with Crippen LogP contribution in [0.2, 0.25) is 0 Å². The summed E-state index contributed by atoms with van der Waals surface area (Å²) in [5, 5.41) is 10.8. The predicted octanol–water partition coefficient (Wildman–Crippen LogP) is 3.76. The highest BCUT2D eigenvalue weighted by Crippen LogP contribution is 2.34. The molecule has 0 radical (unpaired) electrons. The molecule has 1 aromatic heterocycles. The van der Waals surface area contributed by atoms with Gasteiger partial charge in [-0.2, -0.15) is 18.4 Å². The molecule has 0 saturated heterocycles. The van der Waals surface area contributed by atoms with Gasteiger partial charge in [0.1, 0.15) is 5.40 Å². The van der Waals surface area contributed by atoms with Gasteiger partial charge in [0.2, 0.25) is 0 Å². The summed E-state index contributed by atoms with van der Waals surface area (Å²) in [5.41, 5.74) is -0.120. The zero-order chi connectivity index (χ0) is 11.8. The van der Waals surface area contributed by atoms with Gasteiger partial charge < -0.3 is 4.98 Å². The fourth-order valence-corrected chi connectivity index (χ4v) is 1.90. The molecule has 0 fully saturated rings. The Labute approximate surface area is 93.1 Å². The lowest BCUT2D eigenvalue weighted by Crippen LogP contribution is -2.03. The van der Waals surface area contributed by atoms with Crippen LogP contribution >= 0.6 is 11.8 Å². The van der Waals surface area contributed by atoms with Gasteiger partial charge in [-0.15, -0.1) is 0 Å². The van der Waals surface area contributed by atoms with Crippen LogP contribution in [0.25, 0.3) is 10.9 Å². The Kier molecular flexibility index (Phi) is 2.56. The highest BCUT2D eigenvalue weighted by Gasteiger charge is 2.30. The quantitative estimate of drug-likeness (QED) is 0.611. The second-order valence-electron chi connectivity index (χ2n) is 3.10. The Morgan fingerprint density at radius 1 is 1.31 bits per heavy atom. The number of alkyl halides is 3. The molecule has 0 aliphatic carbocycles. The Hall–Kier alpha value is -1.61. The first-order valence-electron chi connectivity index (χ1n) is 4.26. The minimum absolute atomic E-state index is 0.418. The molecule has 2 aromatic rings. The summed E-state index contributed by atoms with van der Waals surface area (Å²) in [6.45, 7) is 0. The molecule has 1 N–H and O–H groups in total. The zero-order valence-electron chi connectivity index (χ0n) is 7.80. The molecule has 6 heteroatoms. The van der Waals surface area contributed by atoms with E-state index in [1.165, 1.54) is 12.3 Å². The number of nitriles is 1. The number of hydrogen-bond acceptors (Lipinski definition) is 2. The number of hydrogen-bond donors (Lipinski definition) is 1. The third kappa shape index (κ3) is 1.86. The number of fused-ring (bicyclic) bond motifs is 1. The van der Waals surface area contributed by atoms with E-state index in [1.54, 1.807) is 0 Å². The average molecular weight is 242 g/mol. The maximum atomic E-state index is 12.5. The molecule has 2 rings (SSSR count). The van der Waals surface area contributed by atoms with Crippen molar-refractivity contribution in [2.45, 2.75) is 11.1 Å². The number of thioether (sulfide) groups is 1. The standard InChI is InChI=1S/C10H5F3N2S/c11-10(12,13)6-1-2-8-7(3-6)9(4-15-8)16-5-14/h1-4,15H. The van der Waals surface area contributed by atoms with Gasteiger partial charge in [0.15, 0.2) is 0 Å². The van der Waals surface area contributed by atoms with Crippen molar-refractivity contribution < 1.29 is 13.2 Å². The van der Waals surface area contributed by atoms with Crippen LogP contribution in [-0.4, -0.2) is 4.98 Å². The SMILES string of the molecule is N#CSc1c[nH]c2ccc(C(F)(F)F)cc12. The van der Waals surface area contributed by atoms with E-state index in [9.17, 15) is 13.2 Å². The van der Waals surface area contributed by atoms with Gasteiger partial charge in [0, 0.05) is 22.0 Å². The van der Waals surface area contributed by atoms with E-state index in [0.717, 1.165) is 23.9 Å². The van der Waals surface area contributed by atoms with E-state index >= 15 is 0 Å². The smallest absolute Gasteiger partial charge is 0.360 e. The summed E-state index contributed by atoms with van der Waals surface area (Å²) in [6, 6.07) is 3.42. The summed E-state index contributed by atoms with van der Waals surface area (Å²) in [6.07, 6.45) is -2.83. The minimum atomic E-state index is -4.36. The van der Waals surface area contributed by atoms with Gasteiger partial charge in [-0.25, -0.2) is 0 Å². The summed E-state index contributed by atoms with van der Waals surface area (Å²) < 4.78 is 37.4. The third-order valence-corrected chi connectivity index (χ3v) is 2.78. The van der Waals surface area contributed by atoms with Crippen molar-refractivity contribution >= 4 is 22.7 Å². The molecule has 1 aromatic carbocycles. The Balaban J connectivity index is 2.60. The molecular formula is C10H5F3N2S. The number of aromatic amines is 1. The molecule has 0 unspecified atom stereocenters. The first-order valence-corrected chi connectivity index (χ1v) is 5.08. The Bertz CT molecular complexity index is 565. The molecule has 16 heavy (non-hydrogen) atoms. The number of nitrogens with one attached hydrogen (secondary N) is 1.